The number of aliphatic hydroxyl groups excluding tert-OH is 1. The Labute approximate surface area is 133 Å². The molecule has 0 radical (unpaired) electrons. The number of nitrogens with one attached hydrogen (secondary N) is 1. The number of amides is 1. The Morgan fingerprint density at radius 2 is 2.04 bits per heavy atom. The number of benzene rings is 2. The standard InChI is InChI=1S/C18H17NO4/c1-22-14-7-4-6-13(10-14)17(20)18(21)19-11-15-9-12-5-2-3-8-16(12)23-15/h2-10,17,20H,11H2,1H3,(H,19,21). The maximum absolute atomic E-state index is 12.1. The van der Waals surface area contributed by atoms with Crippen LogP contribution >= 0.6 is 0 Å². The summed E-state index contributed by atoms with van der Waals surface area (Å²) in [6.45, 7) is 0.217. The first kappa shape index (κ1) is 15.1. The smallest absolute Gasteiger partial charge is 0.253 e. The van der Waals surface area contributed by atoms with Gasteiger partial charge in [0.2, 0.25) is 0 Å². The third kappa shape index (κ3) is 3.35. The van der Waals surface area contributed by atoms with Gasteiger partial charge in [0.05, 0.1) is 13.7 Å². The molecule has 1 aromatic heterocycles. The number of rotatable bonds is 5. The van der Waals surface area contributed by atoms with Crippen LogP contribution in [0.3, 0.4) is 0 Å². The molecule has 1 unspecified atom stereocenters. The van der Waals surface area contributed by atoms with Gasteiger partial charge in [-0.25, -0.2) is 0 Å². The molecule has 0 saturated heterocycles. The van der Waals surface area contributed by atoms with Crippen LogP contribution in [0, 0.1) is 0 Å². The molecule has 0 aliphatic carbocycles. The molecule has 0 spiro atoms. The summed E-state index contributed by atoms with van der Waals surface area (Å²) in [5, 5.41) is 13.8. The number of fused-ring (bicyclic) bond motifs is 1. The van der Waals surface area contributed by atoms with Crippen molar-refractivity contribution in [1.29, 1.82) is 0 Å². The maximum atomic E-state index is 12.1. The predicted octanol–water partition coefficient (Wildman–Crippen LogP) is 2.79. The number of hydrogen-bond acceptors (Lipinski definition) is 4. The van der Waals surface area contributed by atoms with E-state index in [0.29, 0.717) is 17.1 Å². The molecule has 2 aromatic carbocycles. The van der Waals surface area contributed by atoms with Crippen molar-refractivity contribution in [3.8, 4) is 5.75 Å². The van der Waals surface area contributed by atoms with Crippen LogP contribution < -0.4 is 10.1 Å². The van der Waals surface area contributed by atoms with Gasteiger partial charge in [-0.15, -0.1) is 0 Å². The summed E-state index contributed by atoms with van der Waals surface area (Å²) in [5.74, 6) is 0.739. The van der Waals surface area contributed by atoms with Crippen molar-refractivity contribution in [2.45, 2.75) is 12.6 Å². The zero-order valence-corrected chi connectivity index (χ0v) is 12.7. The van der Waals surface area contributed by atoms with Crippen LogP contribution in [0.2, 0.25) is 0 Å². The Morgan fingerprint density at radius 3 is 2.83 bits per heavy atom. The van der Waals surface area contributed by atoms with Crippen LogP contribution in [0.1, 0.15) is 17.4 Å². The minimum atomic E-state index is -1.26. The lowest BCUT2D eigenvalue weighted by molar-refractivity contribution is -0.129. The monoisotopic (exact) mass is 311 g/mol. The first-order valence-corrected chi connectivity index (χ1v) is 7.24. The second-order valence-corrected chi connectivity index (χ2v) is 5.15. The average molecular weight is 311 g/mol. The molecule has 0 aliphatic heterocycles. The van der Waals surface area contributed by atoms with Crippen molar-refractivity contribution in [3.63, 3.8) is 0 Å². The molecule has 2 N–H and O–H groups in total. The first-order valence-electron chi connectivity index (χ1n) is 7.24. The van der Waals surface area contributed by atoms with E-state index in [4.69, 9.17) is 9.15 Å². The molecular formula is C18H17NO4. The molecule has 3 rings (SSSR count). The van der Waals surface area contributed by atoms with E-state index in [1.54, 1.807) is 24.3 Å². The van der Waals surface area contributed by atoms with Crippen molar-refractivity contribution < 1.29 is 19.1 Å². The highest BCUT2D eigenvalue weighted by Gasteiger charge is 2.18. The normalized spacial score (nSPS) is 12.1. The molecule has 3 aromatic rings. The summed E-state index contributed by atoms with van der Waals surface area (Å²) < 4.78 is 10.7. The van der Waals surface area contributed by atoms with Crippen molar-refractivity contribution in [1.82, 2.24) is 5.32 Å². The van der Waals surface area contributed by atoms with E-state index in [-0.39, 0.29) is 6.54 Å². The van der Waals surface area contributed by atoms with Crippen LogP contribution in [0.25, 0.3) is 11.0 Å². The Morgan fingerprint density at radius 1 is 1.22 bits per heavy atom. The Bertz CT molecular complexity index is 792. The molecule has 1 amide bonds. The molecule has 1 heterocycles. The lowest BCUT2D eigenvalue weighted by Gasteiger charge is -2.12. The molecule has 0 aliphatic rings. The van der Waals surface area contributed by atoms with E-state index in [1.165, 1.54) is 7.11 Å². The topological polar surface area (TPSA) is 71.7 Å². The van der Waals surface area contributed by atoms with E-state index < -0.39 is 12.0 Å². The third-order valence-corrected chi connectivity index (χ3v) is 3.57. The largest absolute Gasteiger partial charge is 0.497 e. The summed E-state index contributed by atoms with van der Waals surface area (Å²) in [7, 11) is 1.53. The van der Waals surface area contributed by atoms with E-state index in [2.05, 4.69) is 5.32 Å². The summed E-state index contributed by atoms with van der Waals surface area (Å²) in [4.78, 5) is 12.1. The van der Waals surface area contributed by atoms with Gasteiger partial charge in [0, 0.05) is 5.39 Å². The number of ether oxygens (including phenoxy) is 1. The lowest BCUT2D eigenvalue weighted by Crippen LogP contribution is -2.28. The first-order chi connectivity index (χ1) is 11.2. The van der Waals surface area contributed by atoms with E-state index in [0.717, 1.165) is 11.0 Å². The second-order valence-electron chi connectivity index (χ2n) is 5.15. The Balaban J connectivity index is 1.66. The zero-order chi connectivity index (χ0) is 16.2. The molecule has 5 heteroatoms. The van der Waals surface area contributed by atoms with Crippen molar-refractivity contribution in [2.24, 2.45) is 0 Å². The van der Waals surface area contributed by atoms with Gasteiger partial charge in [0.1, 0.15) is 17.1 Å². The Hall–Kier alpha value is -2.79. The van der Waals surface area contributed by atoms with E-state index >= 15 is 0 Å². The van der Waals surface area contributed by atoms with Crippen LogP contribution in [0.5, 0.6) is 5.75 Å². The maximum Gasteiger partial charge on any atom is 0.253 e. The minimum absolute atomic E-state index is 0.217. The number of furan rings is 1. The number of aliphatic hydroxyl groups is 1. The summed E-state index contributed by atoms with van der Waals surface area (Å²) >= 11 is 0. The van der Waals surface area contributed by atoms with E-state index in [1.807, 2.05) is 30.3 Å². The lowest BCUT2D eigenvalue weighted by atomic mass is 10.1. The van der Waals surface area contributed by atoms with Gasteiger partial charge in [0.15, 0.2) is 6.10 Å². The van der Waals surface area contributed by atoms with Gasteiger partial charge >= 0.3 is 0 Å². The quantitative estimate of drug-likeness (QED) is 0.760. The highest BCUT2D eigenvalue weighted by molar-refractivity contribution is 5.82. The number of methoxy groups -OCH3 is 1. The third-order valence-electron chi connectivity index (χ3n) is 3.57. The molecule has 118 valence electrons. The summed E-state index contributed by atoms with van der Waals surface area (Å²) in [6, 6.07) is 16.3. The van der Waals surface area contributed by atoms with Gasteiger partial charge in [-0.3, -0.25) is 4.79 Å². The van der Waals surface area contributed by atoms with Crippen LogP contribution in [-0.4, -0.2) is 18.1 Å². The fraction of sp³-hybridized carbons (Fsp3) is 0.167. The average Bonchev–Trinajstić information content (AvgIpc) is 3.02. The number of carbonyl (C=O) groups excluding carboxylic acids is 1. The van der Waals surface area contributed by atoms with Crippen LogP contribution in [0.4, 0.5) is 0 Å². The van der Waals surface area contributed by atoms with Crippen molar-refractivity contribution >= 4 is 16.9 Å². The molecule has 23 heavy (non-hydrogen) atoms. The van der Waals surface area contributed by atoms with Crippen molar-refractivity contribution in [3.05, 3.63) is 65.9 Å². The van der Waals surface area contributed by atoms with Crippen LogP contribution in [0.15, 0.2) is 59.0 Å². The fourth-order valence-electron chi connectivity index (χ4n) is 2.36. The van der Waals surface area contributed by atoms with Gasteiger partial charge in [0.25, 0.3) is 5.91 Å². The van der Waals surface area contributed by atoms with E-state index in [9.17, 15) is 9.90 Å². The summed E-state index contributed by atoms with van der Waals surface area (Å²) in [5.41, 5.74) is 1.25. The van der Waals surface area contributed by atoms with Crippen LogP contribution in [-0.2, 0) is 11.3 Å². The minimum Gasteiger partial charge on any atom is -0.497 e. The van der Waals surface area contributed by atoms with Crippen molar-refractivity contribution in [2.75, 3.05) is 7.11 Å². The number of carbonyl (C=O) groups is 1. The molecule has 0 bridgehead atoms. The van der Waals surface area contributed by atoms with Gasteiger partial charge in [-0.1, -0.05) is 30.3 Å². The van der Waals surface area contributed by atoms with Gasteiger partial charge in [-0.05, 0) is 29.8 Å². The SMILES string of the molecule is COc1cccc(C(O)C(=O)NCc2cc3ccccc3o2)c1. The van der Waals surface area contributed by atoms with Gasteiger partial charge in [-0.2, -0.15) is 0 Å². The summed E-state index contributed by atoms with van der Waals surface area (Å²) in [6.07, 6.45) is -1.26. The molecule has 0 saturated carbocycles. The fourth-order valence-corrected chi connectivity index (χ4v) is 2.36. The highest BCUT2D eigenvalue weighted by atomic mass is 16.5. The number of para-hydroxylation sites is 1. The number of hydrogen-bond donors (Lipinski definition) is 2. The molecule has 5 nitrogen and oxygen atoms in total. The Kier molecular flexibility index (Phi) is 4.30. The highest BCUT2D eigenvalue weighted by Crippen LogP contribution is 2.21. The predicted molar refractivity (Wildman–Crippen MR) is 86.0 cm³/mol. The molecule has 0 fully saturated rings. The van der Waals surface area contributed by atoms with Gasteiger partial charge < -0.3 is 19.6 Å². The second kappa shape index (κ2) is 6.54. The zero-order valence-electron chi connectivity index (χ0n) is 12.7. The molecular weight excluding hydrogens is 294 g/mol. The molecule has 1 atom stereocenters.